The lowest BCUT2D eigenvalue weighted by Gasteiger charge is -2.21. The maximum absolute atomic E-state index is 12.0. The van der Waals surface area contributed by atoms with Crippen LogP contribution in [0.4, 0.5) is 10.5 Å². The summed E-state index contributed by atoms with van der Waals surface area (Å²) in [5.41, 5.74) is 7.09. The van der Waals surface area contributed by atoms with E-state index in [4.69, 9.17) is 29.6 Å². The van der Waals surface area contributed by atoms with Crippen LogP contribution in [-0.4, -0.2) is 29.0 Å². The average Bonchev–Trinajstić information content (AvgIpc) is 2.34. The number of nitrogens with one attached hydrogen (secondary N) is 1. The monoisotopic (exact) mass is 299 g/mol. The molecule has 0 aliphatic carbocycles. The second kappa shape index (κ2) is 7.31. The summed E-state index contributed by atoms with van der Waals surface area (Å²) in [6.07, 6.45) is 0.519. The van der Waals surface area contributed by atoms with E-state index < -0.39 is 0 Å². The lowest BCUT2D eigenvalue weighted by molar-refractivity contribution is 0.216. The third-order valence-electron chi connectivity index (χ3n) is 2.72. The van der Waals surface area contributed by atoms with Crippen molar-refractivity contribution < 1.29 is 4.79 Å². The molecule has 4 nitrogen and oxygen atoms in total. The molecule has 6 heteroatoms. The van der Waals surface area contributed by atoms with E-state index in [1.54, 1.807) is 11.0 Å². The zero-order valence-electron chi connectivity index (χ0n) is 11.1. The molecule has 2 amide bonds. The fourth-order valence-corrected chi connectivity index (χ4v) is 1.79. The predicted molar refractivity (Wildman–Crippen MR) is 83.9 cm³/mol. The number of aryl methyl sites for hydroxylation is 1. The Morgan fingerprint density at radius 1 is 1.53 bits per heavy atom. The summed E-state index contributed by atoms with van der Waals surface area (Å²) in [4.78, 5) is 14.1. The van der Waals surface area contributed by atoms with Gasteiger partial charge in [-0.3, -0.25) is 0 Å². The van der Waals surface area contributed by atoms with E-state index in [-0.39, 0.29) is 6.03 Å². The van der Waals surface area contributed by atoms with Crippen LogP contribution in [0.15, 0.2) is 18.2 Å². The Kier molecular flexibility index (Phi) is 6.05. The number of halogens is 1. The fourth-order valence-electron chi connectivity index (χ4n) is 1.52. The van der Waals surface area contributed by atoms with Crippen LogP contribution in [-0.2, 0) is 0 Å². The van der Waals surface area contributed by atoms with E-state index >= 15 is 0 Å². The van der Waals surface area contributed by atoms with Crippen LogP contribution in [0.25, 0.3) is 0 Å². The number of amides is 2. The smallest absolute Gasteiger partial charge is 0.321 e. The minimum Gasteiger partial charge on any atom is -0.393 e. The molecule has 0 spiro atoms. The zero-order chi connectivity index (χ0) is 14.4. The van der Waals surface area contributed by atoms with Crippen LogP contribution < -0.4 is 11.1 Å². The largest absolute Gasteiger partial charge is 0.393 e. The molecule has 0 atom stereocenters. The van der Waals surface area contributed by atoms with Crippen molar-refractivity contribution in [2.24, 2.45) is 5.73 Å². The van der Waals surface area contributed by atoms with Crippen LogP contribution in [0.2, 0.25) is 5.02 Å². The van der Waals surface area contributed by atoms with Gasteiger partial charge >= 0.3 is 6.03 Å². The number of urea groups is 1. The van der Waals surface area contributed by atoms with Crippen molar-refractivity contribution in [2.75, 3.05) is 18.4 Å². The highest BCUT2D eigenvalue weighted by atomic mass is 35.5. The molecular formula is C13H18ClN3OS. The summed E-state index contributed by atoms with van der Waals surface area (Å²) < 4.78 is 0. The SMILES string of the molecule is CCN(CCC(N)=S)C(=O)Nc1ccc(C)c(Cl)c1. The van der Waals surface area contributed by atoms with Gasteiger partial charge in [0.1, 0.15) is 0 Å². The van der Waals surface area contributed by atoms with Crippen LogP contribution in [0, 0.1) is 6.92 Å². The molecule has 0 bridgehead atoms. The van der Waals surface area contributed by atoms with Crippen LogP contribution in [0.5, 0.6) is 0 Å². The number of hydrogen-bond acceptors (Lipinski definition) is 2. The van der Waals surface area contributed by atoms with Crippen molar-refractivity contribution in [1.29, 1.82) is 0 Å². The van der Waals surface area contributed by atoms with Gasteiger partial charge in [0.05, 0.1) is 4.99 Å². The minimum absolute atomic E-state index is 0.182. The lowest BCUT2D eigenvalue weighted by atomic mass is 10.2. The number of anilines is 1. The summed E-state index contributed by atoms with van der Waals surface area (Å²) in [5.74, 6) is 0. The Bertz CT molecular complexity index is 479. The van der Waals surface area contributed by atoms with Gasteiger partial charge in [0.25, 0.3) is 0 Å². The zero-order valence-corrected chi connectivity index (χ0v) is 12.6. The number of nitrogens with zero attached hydrogens (tertiary/aromatic N) is 1. The van der Waals surface area contributed by atoms with E-state index in [1.807, 2.05) is 26.0 Å². The average molecular weight is 300 g/mol. The third-order valence-corrected chi connectivity index (χ3v) is 3.33. The van der Waals surface area contributed by atoms with E-state index in [1.165, 1.54) is 0 Å². The first-order valence-corrected chi connectivity index (χ1v) is 6.83. The molecule has 3 N–H and O–H groups in total. The molecule has 0 unspecified atom stereocenters. The molecule has 0 fully saturated rings. The van der Waals surface area contributed by atoms with E-state index in [0.29, 0.717) is 35.2 Å². The highest BCUT2D eigenvalue weighted by Crippen LogP contribution is 2.20. The first-order valence-electron chi connectivity index (χ1n) is 6.04. The molecule has 104 valence electrons. The van der Waals surface area contributed by atoms with Crippen molar-refractivity contribution in [3.05, 3.63) is 28.8 Å². The van der Waals surface area contributed by atoms with E-state index in [9.17, 15) is 4.79 Å². The predicted octanol–water partition coefficient (Wildman–Crippen LogP) is 3.18. The molecule has 0 aromatic heterocycles. The van der Waals surface area contributed by atoms with Gasteiger partial charge in [-0.05, 0) is 31.5 Å². The van der Waals surface area contributed by atoms with Crippen molar-refractivity contribution in [1.82, 2.24) is 4.90 Å². The van der Waals surface area contributed by atoms with Gasteiger partial charge in [0.15, 0.2) is 0 Å². The number of nitrogens with two attached hydrogens (primary N) is 1. The lowest BCUT2D eigenvalue weighted by Crippen LogP contribution is -2.36. The second-order valence-corrected chi connectivity index (χ2v) is 5.12. The summed E-state index contributed by atoms with van der Waals surface area (Å²) in [6, 6.07) is 5.23. The van der Waals surface area contributed by atoms with Crippen molar-refractivity contribution in [3.8, 4) is 0 Å². The molecule has 1 rings (SSSR count). The topological polar surface area (TPSA) is 58.4 Å². The van der Waals surface area contributed by atoms with Crippen LogP contribution in [0.1, 0.15) is 18.9 Å². The van der Waals surface area contributed by atoms with Gasteiger partial charge < -0.3 is 16.0 Å². The molecule has 0 saturated heterocycles. The van der Waals surface area contributed by atoms with Crippen LogP contribution in [0.3, 0.4) is 0 Å². The molecular weight excluding hydrogens is 282 g/mol. The summed E-state index contributed by atoms with van der Waals surface area (Å²) in [7, 11) is 0. The Morgan fingerprint density at radius 2 is 2.21 bits per heavy atom. The van der Waals surface area contributed by atoms with Gasteiger partial charge in [0, 0.05) is 30.2 Å². The number of hydrogen-bond donors (Lipinski definition) is 2. The highest BCUT2D eigenvalue weighted by Gasteiger charge is 2.12. The Labute approximate surface area is 123 Å². The van der Waals surface area contributed by atoms with Crippen LogP contribution >= 0.6 is 23.8 Å². The number of carbonyl (C=O) groups excluding carboxylic acids is 1. The first kappa shape index (κ1) is 15.7. The number of rotatable bonds is 5. The van der Waals surface area contributed by atoms with Crippen molar-refractivity contribution in [3.63, 3.8) is 0 Å². The van der Waals surface area contributed by atoms with Crippen molar-refractivity contribution in [2.45, 2.75) is 20.3 Å². The quantitative estimate of drug-likeness (QED) is 0.821. The molecule has 0 aliphatic heterocycles. The Morgan fingerprint density at radius 3 is 2.74 bits per heavy atom. The summed E-state index contributed by atoms with van der Waals surface area (Å²) in [6.45, 7) is 4.92. The Balaban J connectivity index is 2.65. The molecule has 1 aromatic carbocycles. The summed E-state index contributed by atoms with van der Waals surface area (Å²) >= 11 is 10.8. The van der Waals surface area contributed by atoms with Gasteiger partial charge in [-0.25, -0.2) is 4.79 Å². The maximum Gasteiger partial charge on any atom is 0.321 e. The maximum atomic E-state index is 12.0. The van der Waals surface area contributed by atoms with E-state index in [0.717, 1.165) is 5.56 Å². The minimum atomic E-state index is -0.182. The van der Waals surface area contributed by atoms with Gasteiger partial charge in [-0.15, -0.1) is 0 Å². The van der Waals surface area contributed by atoms with Crippen molar-refractivity contribution >= 4 is 40.5 Å². The molecule has 0 radical (unpaired) electrons. The van der Waals surface area contributed by atoms with Gasteiger partial charge in [0.2, 0.25) is 0 Å². The molecule has 0 saturated carbocycles. The third kappa shape index (κ3) is 5.04. The fraction of sp³-hybridized carbons (Fsp3) is 0.385. The van der Waals surface area contributed by atoms with Gasteiger partial charge in [-0.2, -0.15) is 0 Å². The second-order valence-electron chi connectivity index (χ2n) is 4.19. The normalized spacial score (nSPS) is 10.1. The molecule has 0 aliphatic rings. The molecule has 1 aromatic rings. The van der Waals surface area contributed by atoms with Gasteiger partial charge in [-0.1, -0.05) is 29.9 Å². The van der Waals surface area contributed by atoms with E-state index in [2.05, 4.69) is 5.32 Å². The highest BCUT2D eigenvalue weighted by molar-refractivity contribution is 7.80. The standard InChI is InChI=1S/C13H18ClN3OS/c1-3-17(7-6-12(15)19)13(18)16-10-5-4-9(2)11(14)8-10/h4-5,8H,3,6-7H2,1-2H3,(H2,15,19)(H,16,18). The number of thiocarbonyl (C=S) groups is 1. The molecule has 19 heavy (non-hydrogen) atoms. The Hall–Kier alpha value is -1.33. The number of benzene rings is 1. The molecule has 0 heterocycles. The summed E-state index contributed by atoms with van der Waals surface area (Å²) in [5, 5.41) is 3.43. The first-order chi connectivity index (χ1) is 8.93. The number of carbonyl (C=O) groups is 1.